The molecule has 0 amide bonds. The number of aliphatic hydroxyl groups is 1. The zero-order valence-electron chi connectivity index (χ0n) is 9.22. The molecule has 1 rings (SSSR count). The van der Waals surface area contributed by atoms with Crippen molar-refractivity contribution in [1.82, 2.24) is 0 Å². The minimum atomic E-state index is -1.41. The van der Waals surface area contributed by atoms with Crippen molar-refractivity contribution in [2.75, 3.05) is 0 Å². The summed E-state index contributed by atoms with van der Waals surface area (Å²) in [5.41, 5.74) is 0.447. The molecule has 0 aliphatic rings. The minimum absolute atomic E-state index is 0.447. The quantitative estimate of drug-likeness (QED) is 0.613. The van der Waals surface area contributed by atoms with Crippen molar-refractivity contribution in [1.29, 1.82) is 0 Å². The molecule has 2 N–H and O–H groups in total. The van der Waals surface area contributed by atoms with Crippen LogP contribution in [0.3, 0.4) is 0 Å². The Morgan fingerprint density at radius 2 is 2.00 bits per heavy atom. The number of hydrogen-bond acceptors (Lipinski definition) is 2. The van der Waals surface area contributed by atoms with Gasteiger partial charge in [-0.1, -0.05) is 0 Å². The van der Waals surface area contributed by atoms with E-state index in [2.05, 4.69) is 6.92 Å². The fraction of sp³-hybridized carbons (Fsp3) is 0.417. The molecule has 0 saturated heterocycles. The van der Waals surface area contributed by atoms with Gasteiger partial charge in [-0.05, 0) is 0 Å². The number of unbranched alkanes of at least 4 members (excludes halogenated alkanes) is 1. The van der Waals surface area contributed by atoms with E-state index in [0.717, 1.165) is 0 Å². The molecule has 0 spiro atoms. The summed E-state index contributed by atoms with van der Waals surface area (Å²) < 4.78 is 1.25. The molecule has 1 atom stereocenters. The number of carbonyl (C=O) groups is 1. The van der Waals surface area contributed by atoms with Crippen LogP contribution in [-0.2, 0) is 4.79 Å². The van der Waals surface area contributed by atoms with Crippen LogP contribution in [0, 0.1) is 0 Å². The standard InChI is InChI=1S/C12H16O3Se/c1-2-3-8-16-10-6-4-9(5-7-10)11(13)12(14)15/h4-7,11,13H,2-3,8H2,1H3,(H,14,15). The molecular weight excluding hydrogens is 271 g/mol. The van der Waals surface area contributed by atoms with Crippen molar-refractivity contribution in [2.45, 2.75) is 31.2 Å². The topological polar surface area (TPSA) is 57.5 Å². The summed E-state index contributed by atoms with van der Waals surface area (Å²) in [5, 5.41) is 19.2. The number of rotatable bonds is 6. The van der Waals surface area contributed by atoms with Crippen molar-refractivity contribution in [2.24, 2.45) is 0 Å². The van der Waals surface area contributed by atoms with Gasteiger partial charge in [0, 0.05) is 0 Å². The van der Waals surface area contributed by atoms with Gasteiger partial charge >= 0.3 is 101 Å². The van der Waals surface area contributed by atoms with Gasteiger partial charge < -0.3 is 0 Å². The first-order valence-corrected chi connectivity index (χ1v) is 7.35. The van der Waals surface area contributed by atoms with Crippen molar-refractivity contribution in [3.05, 3.63) is 29.8 Å². The maximum atomic E-state index is 10.5. The monoisotopic (exact) mass is 288 g/mol. The Labute approximate surface area is 102 Å². The van der Waals surface area contributed by atoms with Crippen LogP contribution in [0.25, 0.3) is 0 Å². The van der Waals surface area contributed by atoms with Gasteiger partial charge in [-0.25, -0.2) is 0 Å². The number of aliphatic carboxylic acids is 1. The molecule has 0 heterocycles. The summed E-state index contributed by atoms with van der Waals surface area (Å²) in [5.74, 6) is -1.20. The summed E-state index contributed by atoms with van der Waals surface area (Å²) in [6.07, 6.45) is 1.04. The first-order chi connectivity index (χ1) is 7.65. The normalized spacial score (nSPS) is 12.4. The Balaban J connectivity index is 2.57. The van der Waals surface area contributed by atoms with E-state index in [1.807, 2.05) is 12.1 Å². The van der Waals surface area contributed by atoms with Gasteiger partial charge in [0.1, 0.15) is 0 Å². The Hall–Kier alpha value is -0.831. The molecular formula is C12H16O3Se. The second-order valence-corrected chi connectivity index (χ2v) is 5.96. The Kier molecular flexibility index (Phi) is 5.53. The van der Waals surface area contributed by atoms with E-state index in [-0.39, 0.29) is 0 Å². The van der Waals surface area contributed by atoms with Crippen LogP contribution in [0.2, 0.25) is 5.32 Å². The zero-order chi connectivity index (χ0) is 12.0. The summed E-state index contributed by atoms with van der Waals surface area (Å²) in [6.45, 7) is 2.17. The van der Waals surface area contributed by atoms with Crippen LogP contribution < -0.4 is 4.46 Å². The molecule has 0 saturated carbocycles. The van der Waals surface area contributed by atoms with Crippen LogP contribution in [0.5, 0.6) is 0 Å². The Bertz CT molecular complexity index is 335. The first-order valence-electron chi connectivity index (χ1n) is 5.28. The fourth-order valence-corrected chi connectivity index (χ4v) is 3.32. The number of benzene rings is 1. The Morgan fingerprint density at radius 1 is 1.38 bits per heavy atom. The van der Waals surface area contributed by atoms with Gasteiger partial charge in [-0.2, -0.15) is 0 Å². The fourth-order valence-electron chi connectivity index (χ4n) is 1.22. The van der Waals surface area contributed by atoms with Crippen LogP contribution in [-0.4, -0.2) is 31.1 Å². The molecule has 0 aliphatic carbocycles. The predicted molar refractivity (Wildman–Crippen MR) is 64.1 cm³/mol. The summed E-state index contributed by atoms with van der Waals surface area (Å²) in [4.78, 5) is 10.5. The molecule has 0 aliphatic heterocycles. The summed E-state index contributed by atoms with van der Waals surface area (Å²) in [6, 6.07) is 7.22. The van der Waals surface area contributed by atoms with Gasteiger partial charge in [0.05, 0.1) is 0 Å². The molecule has 1 aromatic rings. The molecule has 0 radical (unpaired) electrons. The van der Waals surface area contributed by atoms with E-state index in [0.29, 0.717) is 20.5 Å². The van der Waals surface area contributed by atoms with E-state index >= 15 is 0 Å². The predicted octanol–water partition coefficient (Wildman–Crippen LogP) is 1.35. The van der Waals surface area contributed by atoms with Crippen molar-refractivity contribution < 1.29 is 15.0 Å². The number of aliphatic hydroxyl groups excluding tert-OH is 1. The van der Waals surface area contributed by atoms with Crippen LogP contribution in [0.1, 0.15) is 31.4 Å². The second-order valence-electron chi connectivity index (χ2n) is 3.51. The van der Waals surface area contributed by atoms with Crippen LogP contribution in [0.15, 0.2) is 24.3 Å². The number of carboxylic acid groups (broad SMARTS) is 1. The maximum absolute atomic E-state index is 10.5. The van der Waals surface area contributed by atoms with E-state index in [1.165, 1.54) is 22.6 Å². The van der Waals surface area contributed by atoms with Gasteiger partial charge in [0.2, 0.25) is 0 Å². The second kappa shape index (κ2) is 6.69. The third-order valence-corrected chi connectivity index (χ3v) is 4.50. The third-order valence-electron chi connectivity index (χ3n) is 2.20. The van der Waals surface area contributed by atoms with E-state index in [4.69, 9.17) is 5.11 Å². The van der Waals surface area contributed by atoms with Gasteiger partial charge in [-0.15, -0.1) is 0 Å². The van der Waals surface area contributed by atoms with E-state index in [1.54, 1.807) is 12.1 Å². The molecule has 16 heavy (non-hydrogen) atoms. The summed E-state index contributed by atoms with van der Waals surface area (Å²) >= 11 is 0.461. The van der Waals surface area contributed by atoms with E-state index < -0.39 is 12.1 Å². The molecule has 1 unspecified atom stereocenters. The molecule has 88 valence electrons. The summed E-state index contributed by atoms with van der Waals surface area (Å²) in [7, 11) is 0. The zero-order valence-corrected chi connectivity index (χ0v) is 10.9. The average molecular weight is 287 g/mol. The molecule has 4 heteroatoms. The van der Waals surface area contributed by atoms with Crippen LogP contribution in [0.4, 0.5) is 0 Å². The van der Waals surface area contributed by atoms with E-state index in [9.17, 15) is 9.90 Å². The van der Waals surface area contributed by atoms with Gasteiger partial charge in [0.25, 0.3) is 0 Å². The van der Waals surface area contributed by atoms with Crippen molar-refractivity contribution in [3.8, 4) is 0 Å². The first kappa shape index (κ1) is 13.2. The average Bonchev–Trinajstić information content (AvgIpc) is 2.29. The van der Waals surface area contributed by atoms with Crippen LogP contribution >= 0.6 is 0 Å². The number of hydrogen-bond donors (Lipinski definition) is 2. The van der Waals surface area contributed by atoms with Crippen molar-refractivity contribution in [3.63, 3.8) is 0 Å². The van der Waals surface area contributed by atoms with Gasteiger partial charge in [0.15, 0.2) is 0 Å². The Morgan fingerprint density at radius 3 is 2.50 bits per heavy atom. The molecule has 1 aromatic carbocycles. The SMILES string of the molecule is CCCC[Se]c1ccc(C(O)C(=O)O)cc1. The molecule has 3 nitrogen and oxygen atoms in total. The number of carboxylic acids is 1. The molecule has 0 aromatic heterocycles. The third kappa shape index (κ3) is 3.97. The van der Waals surface area contributed by atoms with Crippen molar-refractivity contribution >= 4 is 25.4 Å². The molecule has 0 bridgehead atoms. The van der Waals surface area contributed by atoms with Gasteiger partial charge in [-0.3, -0.25) is 0 Å². The molecule has 0 fully saturated rings.